The molecular weight excluding hydrogens is 202 g/mol. The molecule has 1 aliphatic heterocycles. The van der Waals surface area contributed by atoms with Gasteiger partial charge >= 0.3 is 5.97 Å². The monoisotopic (exact) mass is 227 g/mol. The highest BCUT2D eigenvalue weighted by Gasteiger charge is 2.46. The third kappa shape index (κ3) is 2.57. The normalized spacial score (nSPS) is 28.2. The second-order valence-corrected chi connectivity index (χ2v) is 5.13. The molecule has 94 valence electrons. The highest BCUT2D eigenvalue weighted by Crippen LogP contribution is 2.33. The van der Waals surface area contributed by atoms with Crippen molar-refractivity contribution in [2.45, 2.75) is 58.4 Å². The van der Waals surface area contributed by atoms with Gasteiger partial charge in [-0.05, 0) is 38.1 Å². The van der Waals surface area contributed by atoms with Crippen LogP contribution in [-0.4, -0.2) is 34.6 Å². The highest BCUT2D eigenvalue weighted by atomic mass is 16.4. The second-order valence-electron chi connectivity index (χ2n) is 5.13. The van der Waals surface area contributed by atoms with Crippen molar-refractivity contribution in [3.8, 4) is 0 Å². The SMILES string of the molecule is CCCC(C)CN1CCCC1(CC)C(=O)O. The number of aliphatic carboxylic acids is 1. The number of rotatable bonds is 6. The number of likely N-dealkylation sites (tertiary alicyclic amines) is 1. The maximum atomic E-state index is 11.5. The van der Waals surface area contributed by atoms with Crippen LogP contribution in [0.1, 0.15) is 52.9 Å². The molecule has 3 nitrogen and oxygen atoms in total. The van der Waals surface area contributed by atoms with Gasteiger partial charge in [0.15, 0.2) is 0 Å². The van der Waals surface area contributed by atoms with E-state index < -0.39 is 11.5 Å². The molecule has 1 heterocycles. The van der Waals surface area contributed by atoms with Gasteiger partial charge in [0, 0.05) is 6.54 Å². The molecule has 0 aromatic heterocycles. The van der Waals surface area contributed by atoms with Crippen molar-refractivity contribution in [3.05, 3.63) is 0 Å². The Kier molecular flexibility index (Phi) is 4.78. The van der Waals surface area contributed by atoms with E-state index in [2.05, 4.69) is 18.7 Å². The van der Waals surface area contributed by atoms with E-state index in [-0.39, 0.29) is 0 Å². The predicted octanol–water partition coefficient (Wildman–Crippen LogP) is 2.75. The van der Waals surface area contributed by atoms with Crippen LogP contribution in [0.5, 0.6) is 0 Å². The molecule has 1 fully saturated rings. The Balaban J connectivity index is 2.67. The molecule has 0 radical (unpaired) electrons. The van der Waals surface area contributed by atoms with Crippen LogP contribution in [0.15, 0.2) is 0 Å². The maximum Gasteiger partial charge on any atom is 0.324 e. The first-order valence-corrected chi connectivity index (χ1v) is 6.55. The van der Waals surface area contributed by atoms with Crippen molar-refractivity contribution in [1.29, 1.82) is 0 Å². The molecule has 0 spiro atoms. The van der Waals surface area contributed by atoms with E-state index in [4.69, 9.17) is 0 Å². The first-order chi connectivity index (χ1) is 7.56. The Morgan fingerprint density at radius 1 is 1.50 bits per heavy atom. The van der Waals surface area contributed by atoms with E-state index in [0.29, 0.717) is 5.92 Å². The van der Waals surface area contributed by atoms with Crippen molar-refractivity contribution in [3.63, 3.8) is 0 Å². The molecule has 0 amide bonds. The van der Waals surface area contributed by atoms with Crippen LogP contribution < -0.4 is 0 Å². The lowest BCUT2D eigenvalue weighted by atomic mass is 9.92. The van der Waals surface area contributed by atoms with Gasteiger partial charge in [-0.25, -0.2) is 0 Å². The van der Waals surface area contributed by atoms with E-state index >= 15 is 0 Å². The maximum absolute atomic E-state index is 11.5. The number of nitrogens with zero attached hydrogens (tertiary/aromatic N) is 1. The summed E-state index contributed by atoms with van der Waals surface area (Å²) in [7, 11) is 0. The highest BCUT2D eigenvalue weighted by molar-refractivity contribution is 5.79. The molecule has 2 unspecified atom stereocenters. The van der Waals surface area contributed by atoms with Gasteiger partial charge < -0.3 is 5.11 Å². The first-order valence-electron chi connectivity index (χ1n) is 6.55. The van der Waals surface area contributed by atoms with E-state index in [9.17, 15) is 9.90 Å². The molecule has 1 N–H and O–H groups in total. The molecule has 1 rings (SSSR count). The van der Waals surface area contributed by atoms with Gasteiger partial charge in [-0.1, -0.05) is 27.2 Å². The molecule has 2 atom stereocenters. The Bertz CT molecular complexity index is 242. The summed E-state index contributed by atoms with van der Waals surface area (Å²) in [4.78, 5) is 13.7. The average molecular weight is 227 g/mol. The van der Waals surface area contributed by atoms with Crippen LogP contribution in [0.25, 0.3) is 0 Å². The molecule has 0 aromatic rings. The van der Waals surface area contributed by atoms with Crippen LogP contribution in [0, 0.1) is 5.92 Å². The Hall–Kier alpha value is -0.570. The van der Waals surface area contributed by atoms with Crippen molar-refractivity contribution in [2.75, 3.05) is 13.1 Å². The van der Waals surface area contributed by atoms with Gasteiger partial charge in [0.1, 0.15) is 5.54 Å². The molecule has 0 saturated carbocycles. The van der Waals surface area contributed by atoms with E-state index in [1.54, 1.807) is 0 Å². The third-order valence-corrected chi connectivity index (χ3v) is 3.92. The fourth-order valence-corrected chi connectivity index (χ4v) is 2.95. The Morgan fingerprint density at radius 3 is 2.69 bits per heavy atom. The van der Waals surface area contributed by atoms with Gasteiger partial charge in [0.05, 0.1) is 0 Å². The molecule has 1 aliphatic rings. The summed E-state index contributed by atoms with van der Waals surface area (Å²) in [5.74, 6) is -0.0235. The second kappa shape index (κ2) is 5.67. The van der Waals surface area contributed by atoms with Gasteiger partial charge in [0.25, 0.3) is 0 Å². The summed E-state index contributed by atoms with van der Waals surface area (Å²) in [6.45, 7) is 8.30. The number of carbonyl (C=O) groups is 1. The van der Waals surface area contributed by atoms with Crippen LogP contribution >= 0.6 is 0 Å². The predicted molar refractivity (Wildman–Crippen MR) is 65.5 cm³/mol. The molecule has 0 bridgehead atoms. The zero-order valence-electron chi connectivity index (χ0n) is 10.8. The zero-order valence-corrected chi connectivity index (χ0v) is 10.8. The number of hydrogen-bond donors (Lipinski definition) is 1. The van der Waals surface area contributed by atoms with Crippen molar-refractivity contribution in [1.82, 2.24) is 4.90 Å². The van der Waals surface area contributed by atoms with E-state index in [1.807, 2.05) is 6.92 Å². The van der Waals surface area contributed by atoms with Crippen molar-refractivity contribution >= 4 is 5.97 Å². The summed E-state index contributed by atoms with van der Waals surface area (Å²) in [6, 6.07) is 0. The smallest absolute Gasteiger partial charge is 0.324 e. The molecule has 3 heteroatoms. The van der Waals surface area contributed by atoms with Gasteiger partial charge in [-0.15, -0.1) is 0 Å². The average Bonchev–Trinajstić information content (AvgIpc) is 2.62. The van der Waals surface area contributed by atoms with Crippen molar-refractivity contribution in [2.24, 2.45) is 5.92 Å². The minimum absolute atomic E-state index is 0.567. The Morgan fingerprint density at radius 2 is 2.19 bits per heavy atom. The molecule has 0 aliphatic carbocycles. The quantitative estimate of drug-likeness (QED) is 0.758. The molecule has 1 saturated heterocycles. The topological polar surface area (TPSA) is 40.5 Å². The first kappa shape index (κ1) is 13.5. The summed E-state index contributed by atoms with van der Waals surface area (Å²) in [5, 5.41) is 9.44. The summed E-state index contributed by atoms with van der Waals surface area (Å²) in [5.41, 5.74) is -0.567. The number of hydrogen-bond acceptors (Lipinski definition) is 2. The largest absolute Gasteiger partial charge is 0.480 e. The van der Waals surface area contributed by atoms with Crippen LogP contribution in [-0.2, 0) is 4.79 Å². The summed E-state index contributed by atoms with van der Waals surface area (Å²) in [6.07, 6.45) is 4.94. The van der Waals surface area contributed by atoms with Crippen molar-refractivity contribution < 1.29 is 9.90 Å². The van der Waals surface area contributed by atoms with Gasteiger partial charge in [-0.3, -0.25) is 9.69 Å². The number of carboxylic acids is 1. The molecule has 16 heavy (non-hydrogen) atoms. The Labute approximate surface area is 98.8 Å². The zero-order chi connectivity index (χ0) is 12.2. The standard InChI is InChI=1S/C13H25NO2/c1-4-7-11(3)10-14-9-6-8-13(14,5-2)12(15)16/h11H,4-10H2,1-3H3,(H,15,16). The number of carboxylic acid groups (broad SMARTS) is 1. The fourth-order valence-electron chi connectivity index (χ4n) is 2.95. The van der Waals surface area contributed by atoms with Crippen LogP contribution in [0.4, 0.5) is 0 Å². The van der Waals surface area contributed by atoms with Gasteiger partial charge in [-0.2, -0.15) is 0 Å². The molecule has 0 aromatic carbocycles. The lowest BCUT2D eigenvalue weighted by molar-refractivity contribution is -0.150. The minimum Gasteiger partial charge on any atom is -0.480 e. The third-order valence-electron chi connectivity index (χ3n) is 3.92. The summed E-state index contributed by atoms with van der Waals surface area (Å²) >= 11 is 0. The van der Waals surface area contributed by atoms with Gasteiger partial charge in [0.2, 0.25) is 0 Å². The molecular formula is C13H25NO2. The van der Waals surface area contributed by atoms with Crippen LogP contribution in [0.2, 0.25) is 0 Å². The fraction of sp³-hybridized carbons (Fsp3) is 0.923. The summed E-state index contributed by atoms with van der Waals surface area (Å²) < 4.78 is 0. The lowest BCUT2D eigenvalue weighted by Crippen LogP contribution is -2.51. The van der Waals surface area contributed by atoms with E-state index in [0.717, 1.165) is 32.4 Å². The van der Waals surface area contributed by atoms with E-state index in [1.165, 1.54) is 12.8 Å². The van der Waals surface area contributed by atoms with Crippen LogP contribution in [0.3, 0.4) is 0 Å². The lowest BCUT2D eigenvalue weighted by Gasteiger charge is -2.35. The minimum atomic E-state index is -0.629.